The molecule has 0 saturated heterocycles. The van der Waals surface area contributed by atoms with Gasteiger partial charge < -0.3 is 9.84 Å². The van der Waals surface area contributed by atoms with Gasteiger partial charge in [-0.1, -0.05) is 18.2 Å². The SMILES string of the molecule is Cc1cccnc1COc1ccccc1O. The Labute approximate surface area is 94.3 Å². The van der Waals surface area contributed by atoms with Crippen LogP contribution in [0.1, 0.15) is 11.3 Å². The fourth-order valence-corrected chi connectivity index (χ4v) is 1.39. The predicted octanol–water partition coefficient (Wildman–Crippen LogP) is 2.67. The van der Waals surface area contributed by atoms with Crippen molar-refractivity contribution in [1.29, 1.82) is 0 Å². The Balaban J connectivity index is 2.09. The van der Waals surface area contributed by atoms with E-state index in [-0.39, 0.29) is 5.75 Å². The summed E-state index contributed by atoms with van der Waals surface area (Å²) >= 11 is 0. The lowest BCUT2D eigenvalue weighted by atomic mass is 10.2. The maximum atomic E-state index is 9.51. The van der Waals surface area contributed by atoms with E-state index in [1.807, 2.05) is 25.1 Å². The normalized spacial score (nSPS) is 10.1. The van der Waals surface area contributed by atoms with Gasteiger partial charge in [-0.05, 0) is 30.7 Å². The fraction of sp³-hybridized carbons (Fsp3) is 0.154. The minimum atomic E-state index is 0.149. The van der Waals surface area contributed by atoms with Gasteiger partial charge in [-0.15, -0.1) is 0 Å². The number of rotatable bonds is 3. The maximum absolute atomic E-state index is 9.51. The van der Waals surface area contributed by atoms with Gasteiger partial charge in [-0.25, -0.2) is 0 Å². The minimum absolute atomic E-state index is 0.149. The molecule has 0 aliphatic rings. The van der Waals surface area contributed by atoms with Gasteiger partial charge in [-0.3, -0.25) is 4.98 Å². The van der Waals surface area contributed by atoms with E-state index in [2.05, 4.69) is 4.98 Å². The van der Waals surface area contributed by atoms with E-state index < -0.39 is 0 Å². The second-order valence-electron chi connectivity index (χ2n) is 3.52. The summed E-state index contributed by atoms with van der Waals surface area (Å²) in [5.74, 6) is 0.628. The molecule has 0 aliphatic heterocycles. The smallest absolute Gasteiger partial charge is 0.161 e. The molecule has 0 bridgehead atoms. The van der Waals surface area contributed by atoms with Crippen molar-refractivity contribution in [1.82, 2.24) is 4.98 Å². The quantitative estimate of drug-likeness (QED) is 0.855. The topological polar surface area (TPSA) is 42.4 Å². The molecule has 1 aromatic carbocycles. The number of aromatic nitrogens is 1. The zero-order valence-corrected chi connectivity index (χ0v) is 9.05. The molecule has 0 radical (unpaired) electrons. The number of hydrogen-bond acceptors (Lipinski definition) is 3. The average molecular weight is 215 g/mol. The first-order valence-corrected chi connectivity index (χ1v) is 5.08. The standard InChI is InChI=1S/C13H13NO2/c1-10-5-4-8-14-11(10)9-16-13-7-3-2-6-12(13)15/h2-8,15H,9H2,1H3. The number of aryl methyl sites for hydroxylation is 1. The van der Waals surface area contributed by atoms with Crippen LogP contribution >= 0.6 is 0 Å². The number of phenolic OH excluding ortho intramolecular Hbond substituents is 1. The zero-order chi connectivity index (χ0) is 11.4. The summed E-state index contributed by atoms with van der Waals surface area (Å²) < 4.78 is 5.49. The van der Waals surface area contributed by atoms with Gasteiger partial charge in [0, 0.05) is 6.20 Å². The molecule has 16 heavy (non-hydrogen) atoms. The minimum Gasteiger partial charge on any atom is -0.504 e. The predicted molar refractivity (Wildman–Crippen MR) is 61.4 cm³/mol. The van der Waals surface area contributed by atoms with Crippen LogP contribution < -0.4 is 4.74 Å². The third-order valence-electron chi connectivity index (χ3n) is 2.35. The van der Waals surface area contributed by atoms with Crippen molar-refractivity contribution in [2.24, 2.45) is 0 Å². The molecule has 1 aromatic heterocycles. The van der Waals surface area contributed by atoms with Gasteiger partial charge in [0.2, 0.25) is 0 Å². The van der Waals surface area contributed by atoms with Gasteiger partial charge in [-0.2, -0.15) is 0 Å². The van der Waals surface area contributed by atoms with Crippen molar-refractivity contribution < 1.29 is 9.84 Å². The van der Waals surface area contributed by atoms with Gasteiger partial charge in [0.15, 0.2) is 11.5 Å². The summed E-state index contributed by atoms with van der Waals surface area (Å²) in [6.45, 7) is 2.35. The van der Waals surface area contributed by atoms with E-state index in [1.54, 1.807) is 24.4 Å². The monoisotopic (exact) mass is 215 g/mol. The number of aromatic hydroxyl groups is 1. The summed E-state index contributed by atoms with van der Waals surface area (Å²) in [5, 5.41) is 9.51. The fourth-order valence-electron chi connectivity index (χ4n) is 1.39. The van der Waals surface area contributed by atoms with Crippen molar-refractivity contribution in [2.75, 3.05) is 0 Å². The van der Waals surface area contributed by atoms with E-state index in [0.717, 1.165) is 11.3 Å². The van der Waals surface area contributed by atoms with Gasteiger partial charge in [0.25, 0.3) is 0 Å². The Bertz CT molecular complexity index is 437. The van der Waals surface area contributed by atoms with Crippen LogP contribution in [0.5, 0.6) is 11.5 Å². The second-order valence-corrected chi connectivity index (χ2v) is 3.52. The van der Waals surface area contributed by atoms with Crippen LogP contribution in [0.25, 0.3) is 0 Å². The molecule has 2 aromatic rings. The number of para-hydroxylation sites is 2. The Morgan fingerprint density at radius 1 is 1.19 bits per heavy atom. The van der Waals surface area contributed by atoms with Crippen LogP contribution in [0.15, 0.2) is 42.6 Å². The number of phenols is 1. The summed E-state index contributed by atoms with van der Waals surface area (Å²) in [4.78, 5) is 4.22. The average Bonchev–Trinajstić information content (AvgIpc) is 2.30. The number of pyridine rings is 1. The van der Waals surface area contributed by atoms with E-state index in [9.17, 15) is 5.11 Å². The molecule has 0 saturated carbocycles. The first-order chi connectivity index (χ1) is 7.77. The molecule has 0 unspecified atom stereocenters. The van der Waals surface area contributed by atoms with E-state index in [0.29, 0.717) is 12.4 Å². The molecule has 0 aliphatic carbocycles. The summed E-state index contributed by atoms with van der Waals surface area (Å²) in [7, 11) is 0. The molecular formula is C13H13NO2. The van der Waals surface area contributed by atoms with Crippen LogP contribution in [-0.4, -0.2) is 10.1 Å². The van der Waals surface area contributed by atoms with Crippen molar-refractivity contribution in [3.05, 3.63) is 53.9 Å². The first-order valence-electron chi connectivity index (χ1n) is 5.08. The van der Waals surface area contributed by atoms with Gasteiger partial charge in [0.05, 0.1) is 5.69 Å². The number of benzene rings is 1. The van der Waals surface area contributed by atoms with Crippen molar-refractivity contribution >= 4 is 0 Å². The molecule has 1 N–H and O–H groups in total. The highest BCUT2D eigenvalue weighted by atomic mass is 16.5. The summed E-state index contributed by atoms with van der Waals surface area (Å²) in [6.07, 6.45) is 1.73. The Morgan fingerprint density at radius 3 is 2.75 bits per heavy atom. The maximum Gasteiger partial charge on any atom is 0.161 e. The van der Waals surface area contributed by atoms with Gasteiger partial charge >= 0.3 is 0 Å². The van der Waals surface area contributed by atoms with E-state index in [4.69, 9.17) is 4.74 Å². The lowest BCUT2D eigenvalue weighted by molar-refractivity contribution is 0.284. The van der Waals surface area contributed by atoms with Crippen LogP contribution in [-0.2, 0) is 6.61 Å². The first kappa shape index (κ1) is 10.5. The zero-order valence-electron chi connectivity index (χ0n) is 9.05. The molecule has 0 atom stereocenters. The number of hydrogen-bond donors (Lipinski definition) is 1. The molecule has 82 valence electrons. The third-order valence-corrected chi connectivity index (χ3v) is 2.35. The van der Waals surface area contributed by atoms with Crippen LogP contribution in [0.2, 0.25) is 0 Å². The lowest BCUT2D eigenvalue weighted by Gasteiger charge is -2.08. The Morgan fingerprint density at radius 2 is 2.00 bits per heavy atom. The highest BCUT2D eigenvalue weighted by Crippen LogP contribution is 2.25. The van der Waals surface area contributed by atoms with Crippen LogP contribution in [0.3, 0.4) is 0 Å². The highest BCUT2D eigenvalue weighted by Gasteiger charge is 2.03. The molecular weight excluding hydrogens is 202 g/mol. The third kappa shape index (κ3) is 2.31. The number of ether oxygens (including phenoxy) is 1. The Hall–Kier alpha value is -2.03. The molecule has 2 rings (SSSR count). The second kappa shape index (κ2) is 4.66. The Kier molecular flexibility index (Phi) is 3.05. The summed E-state index contributed by atoms with van der Waals surface area (Å²) in [6, 6.07) is 10.8. The molecule has 0 amide bonds. The van der Waals surface area contributed by atoms with Crippen LogP contribution in [0, 0.1) is 6.92 Å². The van der Waals surface area contributed by atoms with Crippen molar-refractivity contribution in [3.8, 4) is 11.5 Å². The van der Waals surface area contributed by atoms with E-state index in [1.165, 1.54) is 0 Å². The molecule has 3 nitrogen and oxygen atoms in total. The van der Waals surface area contributed by atoms with Crippen LogP contribution in [0.4, 0.5) is 0 Å². The highest BCUT2D eigenvalue weighted by molar-refractivity contribution is 5.38. The molecule has 0 fully saturated rings. The number of nitrogens with zero attached hydrogens (tertiary/aromatic N) is 1. The van der Waals surface area contributed by atoms with Crippen molar-refractivity contribution in [3.63, 3.8) is 0 Å². The molecule has 0 spiro atoms. The summed E-state index contributed by atoms with van der Waals surface area (Å²) in [5.41, 5.74) is 1.96. The lowest BCUT2D eigenvalue weighted by Crippen LogP contribution is -2.00. The molecule has 3 heteroatoms. The largest absolute Gasteiger partial charge is 0.504 e. The van der Waals surface area contributed by atoms with Crippen molar-refractivity contribution in [2.45, 2.75) is 13.5 Å². The van der Waals surface area contributed by atoms with E-state index >= 15 is 0 Å². The van der Waals surface area contributed by atoms with Gasteiger partial charge in [0.1, 0.15) is 6.61 Å². The molecule has 1 heterocycles.